The van der Waals surface area contributed by atoms with Gasteiger partial charge < -0.3 is 0 Å². The molecule has 1 radical (unpaired) electrons. The van der Waals surface area contributed by atoms with E-state index in [0.29, 0.717) is 0 Å². The molecule has 37 valence electrons. The predicted octanol–water partition coefficient (Wildman–Crippen LogP) is 2.13. The first-order valence-electron chi connectivity index (χ1n) is 2.33. The Labute approximate surface area is 45.6 Å². The number of hydrogen-bond acceptors (Lipinski definition) is 0. The lowest BCUT2D eigenvalue weighted by atomic mass is 10.5. The molecular formula is C6H8P. The van der Waals surface area contributed by atoms with Crippen LogP contribution in [-0.4, -0.2) is 0 Å². The molecule has 0 amide bonds. The Bertz CT molecular complexity index is 136. The zero-order chi connectivity index (χ0) is 5.28. The summed E-state index contributed by atoms with van der Waals surface area (Å²) in [6, 6.07) is 5.20. The van der Waals surface area contributed by atoms with Gasteiger partial charge in [-0.1, -0.05) is 0 Å². The maximum Gasteiger partial charge on any atom is -0.0106 e. The molecule has 1 unspecified atom stereocenters. The van der Waals surface area contributed by atoms with Gasteiger partial charge in [-0.2, -0.15) is 0 Å². The van der Waals surface area contributed by atoms with Crippen LogP contribution in [0.25, 0.3) is 0 Å². The van der Waals surface area contributed by atoms with Gasteiger partial charge in [0.2, 0.25) is 0 Å². The molecule has 1 rings (SSSR count). The smallest absolute Gasteiger partial charge is 0.0106 e. The van der Waals surface area contributed by atoms with Crippen LogP contribution in [0, 0.1) is 19.9 Å². The molecule has 0 spiro atoms. The standard InChI is InChI=1S/C6H8P/c1-5-3-4-6(2)7-5/h3,7H,1-2H3. The van der Waals surface area contributed by atoms with Crippen LogP contribution in [0.3, 0.4) is 0 Å². The van der Waals surface area contributed by atoms with E-state index in [-0.39, 0.29) is 0 Å². The maximum atomic E-state index is 3.14. The van der Waals surface area contributed by atoms with Crippen molar-refractivity contribution in [3.05, 3.63) is 22.7 Å². The molecule has 0 saturated carbocycles. The Balaban J connectivity index is 3.04. The lowest BCUT2D eigenvalue weighted by Gasteiger charge is -1.72. The van der Waals surface area contributed by atoms with Crippen molar-refractivity contribution in [2.24, 2.45) is 0 Å². The molecule has 0 N–H and O–H groups in total. The van der Waals surface area contributed by atoms with Gasteiger partial charge in [-0.15, -0.1) is 8.19 Å². The van der Waals surface area contributed by atoms with Crippen LogP contribution in [0.1, 0.15) is 10.6 Å². The van der Waals surface area contributed by atoms with Crippen LogP contribution in [0.4, 0.5) is 0 Å². The molecule has 1 heteroatoms. The predicted molar refractivity (Wildman–Crippen MR) is 34.3 cm³/mol. The summed E-state index contributed by atoms with van der Waals surface area (Å²) >= 11 is 0. The highest BCUT2D eigenvalue weighted by molar-refractivity contribution is 7.31. The van der Waals surface area contributed by atoms with E-state index in [4.69, 9.17) is 0 Å². The highest BCUT2D eigenvalue weighted by Crippen LogP contribution is 2.18. The van der Waals surface area contributed by atoms with Crippen molar-refractivity contribution >= 4 is 8.19 Å². The van der Waals surface area contributed by atoms with Crippen molar-refractivity contribution < 1.29 is 0 Å². The van der Waals surface area contributed by atoms with Gasteiger partial charge in [-0.3, -0.25) is 0 Å². The Morgan fingerprint density at radius 2 is 2.29 bits per heavy atom. The number of rotatable bonds is 0. The van der Waals surface area contributed by atoms with Crippen molar-refractivity contribution in [1.29, 1.82) is 0 Å². The van der Waals surface area contributed by atoms with E-state index in [1.54, 1.807) is 0 Å². The van der Waals surface area contributed by atoms with Crippen molar-refractivity contribution in [2.45, 2.75) is 13.8 Å². The molecule has 0 aliphatic carbocycles. The molecule has 0 aromatic carbocycles. The zero-order valence-corrected chi connectivity index (χ0v) is 5.58. The van der Waals surface area contributed by atoms with E-state index in [0.717, 1.165) is 8.19 Å². The molecule has 1 aromatic heterocycles. The van der Waals surface area contributed by atoms with E-state index in [1.165, 1.54) is 10.6 Å². The van der Waals surface area contributed by atoms with Crippen LogP contribution < -0.4 is 0 Å². The third kappa shape index (κ3) is 1.07. The average molecular weight is 111 g/mol. The summed E-state index contributed by atoms with van der Waals surface area (Å²) in [5, 5.41) is 2.84. The van der Waals surface area contributed by atoms with Crippen LogP contribution in [-0.2, 0) is 0 Å². The van der Waals surface area contributed by atoms with Crippen molar-refractivity contribution in [3.63, 3.8) is 0 Å². The first-order chi connectivity index (χ1) is 3.29. The van der Waals surface area contributed by atoms with Crippen molar-refractivity contribution in [2.75, 3.05) is 0 Å². The fourth-order valence-electron chi connectivity index (χ4n) is 0.584. The van der Waals surface area contributed by atoms with E-state index in [2.05, 4.69) is 26.0 Å². The summed E-state index contributed by atoms with van der Waals surface area (Å²) in [5.74, 6) is 0. The zero-order valence-electron chi connectivity index (χ0n) is 4.58. The summed E-state index contributed by atoms with van der Waals surface area (Å²) in [5.41, 5.74) is 0. The second kappa shape index (κ2) is 1.71. The minimum absolute atomic E-state index is 0.923. The molecule has 0 fully saturated rings. The average Bonchev–Trinajstić information content (AvgIpc) is 1.87. The third-order valence-electron chi connectivity index (χ3n) is 0.890. The van der Waals surface area contributed by atoms with Crippen molar-refractivity contribution in [3.8, 4) is 0 Å². The Kier molecular flexibility index (Phi) is 1.21. The molecule has 7 heavy (non-hydrogen) atoms. The normalized spacial score (nSPS) is 9.43. The number of aryl methyl sites for hydroxylation is 2. The second-order valence-electron chi connectivity index (χ2n) is 1.72. The first-order valence-corrected chi connectivity index (χ1v) is 3.33. The molecule has 0 aliphatic rings. The van der Waals surface area contributed by atoms with Gasteiger partial charge in [-0.05, 0) is 36.6 Å². The number of hydrogen-bond donors (Lipinski definition) is 0. The van der Waals surface area contributed by atoms with E-state index < -0.39 is 0 Å². The largest absolute Gasteiger partial charge is 0.133 e. The van der Waals surface area contributed by atoms with Crippen molar-refractivity contribution in [1.82, 2.24) is 0 Å². The fraction of sp³-hybridized carbons (Fsp3) is 0.333. The van der Waals surface area contributed by atoms with Gasteiger partial charge in [0.15, 0.2) is 0 Å². The quantitative estimate of drug-likeness (QED) is 0.481. The topological polar surface area (TPSA) is 0 Å². The molecule has 0 aliphatic heterocycles. The Morgan fingerprint density at radius 1 is 1.57 bits per heavy atom. The molecule has 0 saturated heterocycles. The second-order valence-corrected chi connectivity index (χ2v) is 3.51. The van der Waals surface area contributed by atoms with Crippen LogP contribution in [0.15, 0.2) is 6.07 Å². The molecule has 1 heterocycles. The lowest BCUT2D eigenvalue weighted by Crippen LogP contribution is -1.43. The monoisotopic (exact) mass is 111 g/mol. The van der Waals surface area contributed by atoms with Gasteiger partial charge in [-0.25, -0.2) is 0 Å². The first kappa shape index (κ1) is 4.93. The molecule has 0 bridgehead atoms. The maximum absolute atomic E-state index is 3.14. The fourth-order valence-corrected chi connectivity index (χ4v) is 1.46. The van der Waals surface area contributed by atoms with E-state index in [1.807, 2.05) is 0 Å². The third-order valence-corrected chi connectivity index (χ3v) is 1.95. The minimum atomic E-state index is 0.923. The summed E-state index contributed by atoms with van der Waals surface area (Å²) in [4.78, 5) is 0. The molecule has 0 nitrogen and oxygen atoms in total. The Morgan fingerprint density at radius 3 is 2.43 bits per heavy atom. The summed E-state index contributed by atoms with van der Waals surface area (Å²) in [7, 11) is 0.923. The van der Waals surface area contributed by atoms with E-state index >= 15 is 0 Å². The summed E-state index contributed by atoms with van der Waals surface area (Å²) in [6.07, 6.45) is 0. The highest BCUT2D eigenvalue weighted by Gasteiger charge is 1.83. The van der Waals surface area contributed by atoms with Gasteiger partial charge in [0.25, 0.3) is 0 Å². The minimum Gasteiger partial charge on any atom is -0.133 e. The molecule has 1 aromatic rings. The highest BCUT2D eigenvalue weighted by atomic mass is 31.0. The Hall–Kier alpha value is -0.220. The van der Waals surface area contributed by atoms with Gasteiger partial charge in [0.1, 0.15) is 0 Å². The van der Waals surface area contributed by atoms with Crippen LogP contribution in [0.2, 0.25) is 0 Å². The molecule has 1 atom stereocenters. The SMILES string of the molecule is Cc1[c]cc(C)[pH]1. The van der Waals surface area contributed by atoms with Crippen LogP contribution in [0.5, 0.6) is 0 Å². The van der Waals surface area contributed by atoms with Gasteiger partial charge >= 0.3 is 0 Å². The summed E-state index contributed by atoms with van der Waals surface area (Å²) < 4.78 is 0. The van der Waals surface area contributed by atoms with Gasteiger partial charge in [0, 0.05) is 0 Å². The van der Waals surface area contributed by atoms with E-state index in [9.17, 15) is 0 Å². The molecular weight excluding hydrogens is 103 g/mol. The van der Waals surface area contributed by atoms with Gasteiger partial charge in [0.05, 0.1) is 0 Å². The summed E-state index contributed by atoms with van der Waals surface area (Å²) in [6.45, 7) is 4.26. The van der Waals surface area contributed by atoms with Crippen LogP contribution >= 0.6 is 8.19 Å². The lowest BCUT2D eigenvalue weighted by molar-refractivity contribution is 1.60.